The molecule has 1 fully saturated rings. The van der Waals surface area contributed by atoms with E-state index in [2.05, 4.69) is 31.9 Å². The highest BCUT2D eigenvalue weighted by Crippen LogP contribution is 2.16. The Morgan fingerprint density at radius 3 is 1.47 bits per heavy atom. The van der Waals surface area contributed by atoms with Crippen LogP contribution in [-0.2, 0) is 57.4 Å². The normalized spacial score (nSPS) is 15.0. The summed E-state index contributed by atoms with van der Waals surface area (Å²) in [4.78, 5) is 126. The molecule has 0 bridgehead atoms. The van der Waals surface area contributed by atoms with E-state index < -0.39 is 103 Å². The Kier molecular flexibility index (Phi) is 37.6. The fourth-order valence-corrected chi connectivity index (χ4v) is 8.26. The summed E-state index contributed by atoms with van der Waals surface area (Å²) < 4.78 is 10.8. The average Bonchev–Trinajstić information content (AvgIpc) is 3.79. The van der Waals surface area contributed by atoms with Gasteiger partial charge in [0.15, 0.2) is 0 Å². The molecule has 5 atom stereocenters. The molecule has 0 radical (unpaired) electrons. The van der Waals surface area contributed by atoms with Crippen molar-refractivity contribution in [2.24, 2.45) is 11.5 Å². The maximum atomic E-state index is 13.7. The molecule has 424 valence electrons. The van der Waals surface area contributed by atoms with Crippen LogP contribution in [-0.4, -0.2) is 169 Å². The molecule has 1 saturated heterocycles. The summed E-state index contributed by atoms with van der Waals surface area (Å²) in [5, 5.41) is 43.1. The van der Waals surface area contributed by atoms with Crippen LogP contribution < -0.4 is 43.4 Å². The van der Waals surface area contributed by atoms with Gasteiger partial charge in [-0.1, -0.05) is 64.2 Å². The Morgan fingerprint density at radius 1 is 0.514 bits per heavy atom. The first-order chi connectivity index (χ1) is 35.4. The third-order valence-corrected chi connectivity index (χ3v) is 12.6. The Hall–Kier alpha value is -5.46. The largest absolute Gasteiger partial charge is 0.481 e. The summed E-state index contributed by atoms with van der Waals surface area (Å²) in [5.74, 6) is -7.72. The second kappa shape index (κ2) is 41.8. The van der Waals surface area contributed by atoms with Crippen molar-refractivity contribution in [3.8, 4) is 0 Å². The number of hydrogen-bond donors (Lipinski definition) is 11. The van der Waals surface area contributed by atoms with Crippen LogP contribution in [0.25, 0.3) is 0 Å². The number of nitrogens with two attached hydrogens (primary N) is 2. The van der Waals surface area contributed by atoms with Crippen molar-refractivity contribution in [2.45, 2.75) is 197 Å². The zero-order valence-corrected chi connectivity index (χ0v) is 43.8. The molecule has 0 aromatic carbocycles. The summed E-state index contributed by atoms with van der Waals surface area (Å²) in [6.45, 7) is 2.02. The standard InChI is InChI=1S/C50H89N9O15/c1-59-31-18-21-40(59)50(72)58-37(20-14-16-28-51)47(69)56-39(25-27-45(66)67)49(71)57-38(24-26-44(64)65)48(70)55-36(46(52)68)19-15-17-29-53-42(61)35-74-34-33-73-32-30-54-41(60)22-12-10-8-6-4-2-3-5-7-9-11-13-23-43(62)63/h36-40H,2-35,51H2,1H3,(H2,52,68)(H,53,61)(H,54,60)(H,55,70)(H,56,69)(H,57,71)(H,58,72)(H,62,63)(H,64,65)(H,66,67)/t36-,37-,38-,39-,40-/m0/s1. The molecular weight excluding hydrogens is 967 g/mol. The number of nitrogens with one attached hydrogen (secondary N) is 6. The third kappa shape index (κ3) is 34.1. The molecule has 0 unspecified atom stereocenters. The number of amides is 7. The number of carbonyl (C=O) groups excluding carboxylic acids is 7. The molecule has 0 saturated carbocycles. The number of unbranched alkanes of at least 4 members (excludes halogenated alkanes) is 13. The minimum Gasteiger partial charge on any atom is -0.481 e. The van der Waals surface area contributed by atoms with Crippen molar-refractivity contribution in [3.05, 3.63) is 0 Å². The van der Waals surface area contributed by atoms with Gasteiger partial charge in [0.1, 0.15) is 30.8 Å². The number of likely N-dealkylation sites (tertiary alicyclic amines) is 1. The molecule has 24 nitrogen and oxygen atoms in total. The van der Waals surface area contributed by atoms with Crippen molar-refractivity contribution in [1.82, 2.24) is 36.8 Å². The number of hydrogen-bond acceptors (Lipinski definition) is 14. The molecule has 13 N–H and O–H groups in total. The van der Waals surface area contributed by atoms with Gasteiger partial charge in [-0.05, 0) is 97.2 Å². The number of ether oxygens (including phenoxy) is 2. The van der Waals surface area contributed by atoms with Crippen LogP contribution in [0.4, 0.5) is 0 Å². The monoisotopic (exact) mass is 1060 g/mol. The van der Waals surface area contributed by atoms with Crippen molar-refractivity contribution in [1.29, 1.82) is 0 Å². The van der Waals surface area contributed by atoms with Crippen LogP contribution in [0.2, 0.25) is 0 Å². The van der Waals surface area contributed by atoms with E-state index >= 15 is 0 Å². The van der Waals surface area contributed by atoms with Crippen LogP contribution in [0, 0.1) is 0 Å². The second-order valence-corrected chi connectivity index (χ2v) is 18.9. The van der Waals surface area contributed by atoms with Crippen molar-refractivity contribution >= 4 is 59.3 Å². The van der Waals surface area contributed by atoms with Gasteiger partial charge >= 0.3 is 17.9 Å². The minimum absolute atomic E-state index is 0.0237. The summed E-state index contributed by atoms with van der Waals surface area (Å²) in [5.41, 5.74) is 11.2. The van der Waals surface area contributed by atoms with Crippen molar-refractivity contribution in [3.63, 3.8) is 0 Å². The lowest BCUT2D eigenvalue weighted by Gasteiger charge is -2.27. The fourth-order valence-electron chi connectivity index (χ4n) is 8.26. The molecule has 1 heterocycles. The predicted octanol–water partition coefficient (Wildman–Crippen LogP) is 1.35. The van der Waals surface area contributed by atoms with E-state index in [1.807, 2.05) is 4.90 Å². The van der Waals surface area contributed by atoms with Crippen LogP contribution in [0.3, 0.4) is 0 Å². The van der Waals surface area contributed by atoms with E-state index in [1.165, 1.54) is 25.7 Å². The highest BCUT2D eigenvalue weighted by Gasteiger charge is 2.34. The van der Waals surface area contributed by atoms with E-state index in [0.717, 1.165) is 57.8 Å². The van der Waals surface area contributed by atoms with Gasteiger partial charge in [-0.25, -0.2) is 0 Å². The minimum atomic E-state index is -1.54. The van der Waals surface area contributed by atoms with E-state index in [-0.39, 0.29) is 57.4 Å². The zero-order chi connectivity index (χ0) is 54.9. The Bertz CT molecular complexity index is 1710. The molecule has 1 rings (SSSR count). The summed E-state index contributed by atoms with van der Waals surface area (Å²) in [6, 6.07) is -5.86. The number of rotatable bonds is 47. The lowest BCUT2D eigenvalue weighted by atomic mass is 10.0. The van der Waals surface area contributed by atoms with Crippen LogP contribution in [0.5, 0.6) is 0 Å². The Morgan fingerprint density at radius 2 is 0.973 bits per heavy atom. The lowest BCUT2D eigenvalue weighted by molar-refractivity contribution is -0.140. The van der Waals surface area contributed by atoms with Gasteiger partial charge in [-0.3, -0.25) is 52.8 Å². The van der Waals surface area contributed by atoms with E-state index in [0.29, 0.717) is 64.8 Å². The number of primary amides is 1. The van der Waals surface area contributed by atoms with E-state index in [1.54, 1.807) is 7.05 Å². The first-order valence-electron chi connectivity index (χ1n) is 26.7. The molecule has 0 spiro atoms. The molecule has 7 amide bonds. The maximum Gasteiger partial charge on any atom is 0.303 e. The topological polar surface area (TPSA) is 377 Å². The number of likely N-dealkylation sites (N-methyl/N-ethyl adjacent to an activating group) is 1. The zero-order valence-electron chi connectivity index (χ0n) is 43.8. The smallest absolute Gasteiger partial charge is 0.303 e. The Balaban J connectivity index is 2.45. The second-order valence-electron chi connectivity index (χ2n) is 18.9. The van der Waals surface area contributed by atoms with Gasteiger partial charge < -0.3 is 68.2 Å². The Labute approximate surface area is 436 Å². The molecule has 1 aliphatic rings. The first kappa shape index (κ1) is 66.6. The third-order valence-electron chi connectivity index (χ3n) is 12.6. The van der Waals surface area contributed by atoms with Gasteiger partial charge in [0, 0.05) is 38.8 Å². The number of aliphatic carboxylic acids is 3. The van der Waals surface area contributed by atoms with Gasteiger partial charge in [0.05, 0.1) is 25.9 Å². The highest BCUT2D eigenvalue weighted by atomic mass is 16.5. The van der Waals surface area contributed by atoms with Gasteiger partial charge in [-0.2, -0.15) is 0 Å². The van der Waals surface area contributed by atoms with Crippen LogP contribution in [0.15, 0.2) is 0 Å². The summed E-state index contributed by atoms with van der Waals surface area (Å²) in [7, 11) is 1.79. The number of carboxylic acids is 3. The molecular formula is C50H89N9O15. The summed E-state index contributed by atoms with van der Waals surface area (Å²) in [6.07, 6.45) is 14.9. The van der Waals surface area contributed by atoms with E-state index in [4.69, 9.17) is 26.0 Å². The van der Waals surface area contributed by atoms with Crippen molar-refractivity contribution < 1.29 is 72.7 Å². The van der Waals surface area contributed by atoms with Crippen LogP contribution >= 0.6 is 0 Å². The first-order valence-corrected chi connectivity index (χ1v) is 26.7. The maximum absolute atomic E-state index is 13.7. The molecule has 0 aliphatic carbocycles. The number of nitrogens with zero attached hydrogens (tertiary/aromatic N) is 1. The predicted molar refractivity (Wildman–Crippen MR) is 273 cm³/mol. The van der Waals surface area contributed by atoms with Crippen LogP contribution in [0.1, 0.15) is 167 Å². The van der Waals surface area contributed by atoms with Crippen molar-refractivity contribution in [2.75, 3.05) is 59.7 Å². The lowest BCUT2D eigenvalue weighted by Crippen LogP contribution is -2.58. The average molecular weight is 1060 g/mol. The molecule has 0 aromatic heterocycles. The summed E-state index contributed by atoms with van der Waals surface area (Å²) >= 11 is 0. The van der Waals surface area contributed by atoms with Gasteiger partial charge in [0.25, 0.3) is 0 Å². The number of carboxylic acid groups (broad SMARTS) is 3. The van der Waals surface area contributed by atoms with Gasteiger partial charge in [0.2, 0.25) is 41.4 Å². The van der Waals surface area contributed by atoms with Gasteiger partial charge in [-0.15, -0.1) is 0 Å². The molecule has 24 heteroatoms. The fraction of sp³-hybridized carbons (Fsp3) is 0.800. The SMILES string of the molecule is CN1CCC[C@H]1C(=O)N[C@@H](CCCCN)C(=O)N[C@@H](CCC(=O)O)C(=O)N[C@@H](CCC(=O)O)C(=O)N[C@@H](CCCCNC(=O)COCCOCCNC(=O)CCCCCCCCCCCCCCC(=O)O)C(N)=O. The molecule has 74 heavy (non-hydrogen) atoms. The molecule has 0 aromatic rings. The van der Waals surface area contributed by atoms with E-state index in [9.17, 15) is 58.2 Å². The molecule has 1 aliphatic heterocycles. The highest BCUT2D eigenvalue weighted by molar-refractivity contribution is 5.96. The number of carbonyl (C=O) groups is 10. The quantitative estimate of drug-likeness (QED) is 0.0383.